The number of carboxylic acid groups (broad SMARTS) is 1. The van der Waals surface area contributed by atoms with Crippen molar-refractivity contribution in [3.05, 3.63) is 35.9 Å². The van der Waals surface area contributed by atoms with Gasteiger partial charge in [-0.3, -0.25) is 4.79 Å². The van der Waals surface area contributed by atoms with Gasteiger partial charge in [-0.2, -0.15) is 0 Å². The molecule has 0 aliphatic rings. The molecule has 0 aliphatic heterocycles. The first kappa shape index (κ1) is 13.7. The predicted octanol–water partition coefficient (Wildman–Crippen LogP) is 1.56. The van der Waals surface area contributed by atoms with E-state index >= 15 is 0 Å². The van der Waals surface area contributed by atoms with Crippen LogP contribution in [0.4, 0.5) is 0 Å². The lowest BCUT2D eigenvalue weighted by Gasteiger charge is -2.20. The van der Waals surface area contributed by atoms with Crippen molar-refractivity contribution in [1.29, 1.82) is 0 Å². The predicted molar refractivity (Wildman–Crippen MR) is 65.7 cm³/mol. The number of aliphatic carboxylic acids is 1. The van der Waals surface area contributed by atoms with E-state index in [1.807, 2.05) is 37.3 Å². The summed E-state index contributed by atoms with van der Waals surface area (Å²) < 4.78 is 0. The van der Waals surface area contributed by atoms with E-state index in [2.05, 4.69) is 5.32 Å². The third-order valence-electron chi connectivity index (χ3n) is 2.65. The molecule has 0 amide bonds. The molecule has 3 N–H and O–H groups in total. The third-order valence-corrected chi connectivity index (χ3v) is 2.65. The lowest BCUT2D eigenvalue weighted by atomic mass is 10.0. The van der Waals surface area contributed by atoms with Crippen LogP contribution in [0.15, 0.2) is 30.3 Å². The molecule has 0 radical (unpaired) electrons. The molecule has 1 aromatic carbocycles. The topological polar surface area (TPSA) is 69.6 Å². The van der Waals surface area contributed by atoms with Crippen LogP contribution in [-0.2, 0) is 4.79 Å². The summed E-state index contributed by atoms with van der Waals surface area (Å²) in [6.45, 7) is 2.48. The third kappa shape index (κ3) is 4.97. The molecular weight excluding hydrogens is 218 g/mol. The minimum absolute atomic E-state index is 0.0915. The van der Waals surface area contributed by atoms with Crippen molar-refractivity contribution in [2.75, 3.05) is 6.54 Å². The maximum absolute atomic E-state index is 10.3. The fourth-order valence-electron chi connectivity index (χ4n) is 1.62. The van der Waals surface area contributed by atoms with Gasteiger partial charge in [-0.1, -0.05) is 30.3 Å². The summed E-state index contributed by atoms with van der Waals surface area (Å²) in [7, 11) is 0. The first-order valence-corrected chi connectivity index (χ1v) is 5.79. The molecule has 4 nitrogen and oxygen atoms in total. The SMILES string of the molecule is CC(NCCCC(=O)O)C(O)c1ccccc1. The summed E-state index contributed by atoms with van der Waals surface area (Å²) in [6.07, 6.45) is 0.156. The number of rotatable bonds is 7. The first-order chi connectivity index (χ1) is 8.11. The van der Waals surface area contributed by atoms with Gasteiger partial charge in [-0.05, 0) is 25.5 Å². The van der Waals surface area contributed by atoms with Gasteiger partial charge >= 0.3 is 5.97 Å². The molecule has 0 bridgehead atoms. The monoisotopic (exact) mass is 237 g/mol. The summed E-state index contributed by atoms with van der Waals surface area (Å²) in [4.78, 5) is 10.3. The Labute approximate surface area is 101 Å². The quantitative estimate of drug-likeness (QED) is 0.629. The molecule has 4 heteroatoms. The zero-order chi connectivity index (χ0) is 12.7. The largest absolute Gasteiger partial charge is 0.481 e. The maximum Gasteiger partial charge on any atom is 0.303 e. The minimum Gasteiger partial charge on any atom is -0.481 e. The Kier molecular flexibility index (Phi) is 5.66. The summed E-state index contributed by atoms with van der Waals surface area (Å²) in [5.41, 5.74) is 0.866. The molecule has 0 aromatic heterocycles. The zero-order valence-corrected chi connectivity index (χ0v) is 9.97. The molecule has 17 heavy (non-hydrogen) atoms. The number of hydrogen-bond donors (Lipinski definition) is 3. The average molecular weight is 237 g/mol. The van der Waals surface area contributed by atoms with Gasteiger partial charge in [-0.25, -0.2) is 0 Å². The van der Waals surface area contributed by atoms with E-state index < -0.39 is 12.1 Å². The second-order valence-corrected chi connectivity index (χ2v) is 4.10. The highest BCUT2D eigenvalue weighted by Gasteiger charge is 2.14. The van der Waals surface area contributed by atoms with E-state index in [4.69, 9.17) is 5.11 Å². The standard InChI is InChI=1S/C13H19NO3/c1-10(14-9-5-8-12(15)16)13(17)11-6-3-2-4-7-11/h2-4,6-7,10,13-14,17H,5,8-9H2,1H3,(H,15,16). The summed E-state index contributed by atoms with van der Waals surface area (Å²) >= 11 is 0. The highest BCUT2D eigenvalue weighted by molar-refractivity contribution is 5.66. The number of carbonyl (C=O) groups is 1. The maximum atomic E-state index is 10.3. The van der Waals surface area contributed by atoms with E-state index in [9.17, 15) is 9.90 Å². The number of nitrogens with one attached hydrogen (secondary N) is 1. The first-order valence-electron chi connectivity index (χ1n) is 5.79. The van der Waals surface area contributed by atoms with E-state index in [1.165, 1.54) is 0 Å². The van der Waals surface area contributed by atoms with Crippen LogP contribution in [0.1, 0.15) is 31.4 Å². The van der Waals surface area contributed by atoms with Crippen molar-refractivity contribution in [2.24, 2.45) is 0 Å². The molecule has 0 spiro atoms. The van der Waals surface area contributed by atoms with Crippen LogP contribution in [-0.4, -0.2) is 28.8 Å². The summed E-state index contributed by atoms with van der Waals surface area (Å²) in [5.74, 6) is -0.789. The highest BCUT2D eigenvalue weighted by atomic mass is 16.4. The minimum atomic E-state index is -0.789. The van der Waals surface area contributed by atoms with Crippen molar-refractivity contribution in [3.63, 3.8) is 0 Å². The number of aliphatic hydroxyl groups is 1. The van der Waals surface area contributed by atoms with Gasteiger partial charge in [-0.15, -0.1) is 0 Å². The summed E-state index contributed by atoms with van der Waals surface area (Å²) in [5, 5.41) is 21.6. The Morgan fingerprint density at radius 1 is 1.35 bits per heavy atom. The molecule has 0 saturated heterocycles. The van der Waals surface area contributed by atoms with Crippen LogP contribution in [0.3, 0.4) is 0 Å². The van der Waals surface area contributed by atoms with Crippen molar-refractivity contribution >= 4 is 5.97 Å². The van der Waals surface area contributed by atoms with E-state index in [0.717, 1.165) is 5.56 Å². The van der Waals surface area contributed by atoms with Crippen LogP contribution < -0.4 is 5.32 Å². The van der Waals surface area contributed by atoms with Crippen LogP contribution in [0.2, 0.25) is 0 Å². The smallest absolute Gasteiger partial charge is 0.303 e. The van der Waals surface area contributed by atoms with E-state index in [-0.39, 0.29) is 12.5 Å². The van der Waals surface area contributed by atoms with Crippen molar-refractivity contribution < 1.29 is 15.0 Å². The number of hydrogen-bond acceptors (Lipinski definition) is 3. The van der Waals surface area contributed by atoms with Gasteiger partial charge in [0.1, 0.15) is 0 Å². The zero-order valence-electron chi connectivity index (χ0n) is 9.97. The molecule has 1 aromatic rings. The average Bonchev–Trinajstić information content (AvgIpc) is 2.34. The highest BCUT2D eigenvalue weighted by Crippen LogP contribution is 2.15. The fourth-order valence-corrected chi connectivity index (χ4v) is 1.62. The van der Waals surface area contributed by atoms with Gasteiger partial charge in [0.25, 0.3) is 0 Å². The van der Waals surface area contributed by atoms with E-state index in [1.54, 1.807) is 0 Å². The van der Waals surface area contributed by atoms with Gasteiger partial charge in [0.05, 0.1) is 6.10 Å². The normalized spacial score (nSPS) is 14.2. The van der Waals surface area contributed by atoms with Crippen molar-refractivity contribution in [3.8, 4) is 0 Å². The van der Waals surface area contributed by atoms with Crippen LogP contribution >= 0.6 is 0 Å². The Balaban J connectivity index is 2.32. The van der Waals surface area contributed by atoms with Crippen LogP contribution in [0.25, 0.3) is 0 Å². The Morgan fingerprint density at radius 2 is 2.00 bits per heavy atom. The molecule has 2 unspecified atom stereocenters. The molecule has 0 aliphatic carbocycles. The molecule has 1 rings (SSSR count). The number of carboxylic acids is 1. The van der Waals surface area contributed by atoms with Gasteiger partial charge < -0.3 is 15.5 Å². The van der Waals surface area contributed by atoms with Gasteiger partial charge in [0.2, 0.25) is 0 Å². The second-order valence-electron chi connectivity index (χ2n) is 4.10. The summed E-state index contributed by atoms with van der Waals surface area (Å²) in [6, 6.07) is 9.33. The lowest BCUT2D eigenvalue weighted by Crippen LogP contribution is -2.33. The lowest BCUT2D eigenvalue weighted by molar-refractivity contribution is -0.137. The molecule has 0 fully saturated rings. The molecular formula is C13H19NO3. The van der Waals surface area contributed by atoms with Crippen molar-refractivity contribution in [2.45, 2.75) is 31.9 Å². The van der Waals surface area contributed by atoms with Crippen LogP contribution in [0.5, 0.6) is 0 Å². The molecule has 2 atom stereocenters. The fraction of sp³-hybridized carbons (Fsp3) is 0.462. The molecule has 0 saturated carbocycles. The number of aliphatic hydroxyl groups excluding tert-OH is 1. The Hall–Kier alpha value is -1.39. The van der Waals surface area contributed by atoms with Crippen molar-refractivity contribution in [1.82, 2.24) is 5.32 Å². The Bertz CT molecular complexity index is 340. The second kappa shape index (κ2) is 7.04. The number of benzene rings is 1. The molecule has 0 heterocycles. The van der Waals surface area contributed by atoms with E-state index in [0.29, 0.717) is 13.0 Å². The van der Waals surface area contributed by atoms with Gasteiger partial charge in [0.15, 0.2) is 0 Å². The Morgan fingerprint density at radius 3 is 2.59 bits per heavy atom. The molecule has 94 valence electrons. The van der Waals surface area contributed by atoms with Gasteiger partial charge in [0, 0.05) is 12.5 Å². The van der Waals surface area contributed by atoms with Crippen LogP contribution in [0, 0.1) is 0 Å².